The van der Waals surface area contributed by atoms with Crippen molar-refractivity contribution in [3.63, 3.8) is 0 Å². The van der Waals surface area contributed by atoms with Crippen molar-refractivity contribution >= 4 is 49.1 Å². The fourth-order valence-electron chi connectivity index (χ4n) is 1.80. The minimum Gasteiger partial charge on any atom is -0.391 e. The van der Waals surface area contributed by atoms with Crippen LogP contribution in [0.15, 0.2) is 14.7 Å². The van der Waals surface area contributed by atoms with E-state index in [-0.39, 0.29) is 11.5 Å². The molecule has 2 heterocycles. The lowest BCUT2D eigenvalue weighted by atomic mass is 10.4. The first-order valence-corrected chi connectivity index (χ1v) is 9.56. The van der Waals surface area contributed by atoms with E-state index in [0.29, 0.717) is 27.0 Å². The third kappa shape index (κ3) is 2.94. The van der Waals surface area contributed by atoms with Gasteiger partial charge in [-0.15, -0.1) is 11.3 Å². The van der Waals surface area contributed by atoms with Crippen LogP contribution in [0.5, 0.6) is 0 Å². The lowest BCUT2D eigenvalue weighted by Gasteiger charge is -2.29. The minimum atomic E-state index is -3.44. The van der Waals surface area contributed by atoms with Gasteiger partial charge in [-0.2, -0.15) is 16.1 Å². The van der Waals surface area contributed by atoms with Crippen molar-refractivity contribution in [1.82, 2.24) is 4.31 Å². The van der Waals surface area contributed by atoms with E-state index in [9.17, 15) is 8.42 Å². The molecule has 1 N–H and O–H groups in total. The van der Waals surface area contributed by atoms with Crippen LogP contribution in [-0.2, 0) is 16.6 Å². The summed E-state index contributed by atoms with van der Waals surface area (Å²) in [5, 5.41) is 9.39. The summed E-state index contributed by atoms with van der Waals surface area (Å²) in [7, 11) is -3.44. The van der Waals surface area contributed by atoms with Gasteiger partial charge in [-0.1, -0.05) is 6.92 Å². The van der Waals surface area contributed by atoms with Crippen molar-refractivity contribution < 1.29 is 13.5 Å². The van der Waals surface area contributed by atoms with E-state index in [4.69, 9.17) is 5.11 Å². The number of aliphatic hydroxyl groups is 1. The molecule has 1 unspecified atom stereocenters. The molecule has 8 heteroatoms. The highest BCUT2D eigenvalue weighted by molar-refractivity contribution is 9.11. The molecule has 2 rings (SSSR count). The highest BCUT2D eigenvalue weighted by Crippen LogP contribution is 2.34. The molecule has 4 nitrogen and oxygen atoms in total. The van der Waals surface area contributed by atoms with Crippen LogP contribution in [0.3, 0.4) is 0 Å². The monoisotopic (exact) mass is 371 g/mol. The summed E-state index contributed by atoms with van der Waals surface area (Å²) in [5.74, 6) is 0.828. The van der Waals surface area contributed by atoms with Gasteiger partial charge < -0.3 is 5.11 Å². The Balaban J connectivity index is 2.32. The van der Waals surface area contributed by atoms with E-state index in [1.165, 1.54) is 15.6 Å². The normalized spacial score (nSPS) is 22.3. The maximum absolute atomic E-state index is 12.5. The predicted octanol–water partition coefficient (Wildman–Crippen LogP) is 2.13. The standard InChI is InChI=1S/C10H14BrNO3S3/c1-7-5-12(2-3-16-7)18(14,15)9-4-8(6-13)17-10(9)11/h4,7,13H,2-3,5-6H2,1H3. The second-order valence-corrected chi connectivity index (χ2v) is 9.96. The molecule has 1 aliphatic rings. The molecule has 0 spiro atoms. The molecule has 0 amide bonds. The van der Waals surface area contributed by atoms with E-state index in [0.717, 1.165) is 5.75 Å². The molecule has 1 fully saturated rings. The number of hydrogen-bond donors (Lipinski definition) is 1. The van der Waals surface area contributed by atoms with Gasteiger partial charge in [-0.25, -0.2) is 8.42 Å². The lowest BCUT2D eigenvalue weighted by molar-refractivity contribution is 0.285. The minimum absolute atomic E-state index is 0.134. The maximum atomic E-state index is 12.5. The maximum Gasteiger partial charge on any atom is 0.245 e. The lowest BCUT2D eigenvalue weighted by Crippen LogP contribution is -2.40. The molecule has 1 aromatic rings. The van der Waals surface area contributed by atoms with Gasteiger partial charge in [-0.05, 0) is 22.0 Å². The van der Waals surface area contributed by atoms with Crippen LogP contribution in [0.2, 0.25) is 0 Å². The molecule has 1 aliphatic heterocycles. The Morgan fingerprint density at radius 2 is 2.33 bits per heavy atom. The number of thioether (sulfide) groups is 1. The Hall–Kier alpha value is 0.400. The number of sulfonamides is 1. The molecule has 0 bridgehead atoms. The van der Waals surface area contributed by atoms with Gasteiger partial charge in [0.1, 0.15) is 4.90 Å². The Kier molecular flexibility index (Phi) is 4.77. The fraction of sp³-hybridized carbons (Fsp3) is 0.600. The number of thiophene rings is 1. The van der Waals surface area contributed by atoms with Crippen LogP contribution >= 0.6 is 39.0 Å². The first-order chi connectivity index (χ1) is 8.45. The van der Waals surface area contributed by atoms with Crippen LogP contribution < -0.4 is 0 Å². The second kappa shape index (κ2) is 5.80. The van der Waals surface area contributed by atoms with E-state index >= 15 is 0 Å². The Morgan fingerprint density at radius 1 is 1.61 bits per heavy atom. The van der Waals surface area contributed by atoms with Crippen molar-refractivity contribution in [2.45, 2.75) is 23.7 Å². The number of hydrogen-bond acceptors (Lipinski definition) is 5. The zero-order valence-electron chi connectivity index (χ0n) is 9.80. The second-order valence-electron chi connectivity index (χ2n) is 4.05. The van der Waals surface area contributed by atoms with Crippen LogP contribution in [0, 0.1) is 0 Å². The van der Waals surface area contributed by atoms with Crippen molar-refractivity contribution in [2.75, 3.05) is 18.8 Å². The van der Waals surface area contributed by atoms with Gasteiger partial charge in [0.05, 0.1) is 10.4 Å². The van der Waals surface area contributed by atoms with Crippen molar-refractivity contribution in [2.24, 2.45) is 0 Å². The van der Waals surface area contributed by atoms with Crippen LogP contribution in [0.25, 0.3) is 0 Å². The summed E-state index contributed by atoms with van der Waals surface area (Å²) in [6.45, 7) is 3.00. The van der Waals surface area contributed by atoms with Crippen molar-refractivity contribution in [3.05, 3.63) is 14.7 Å². The third-order valence-electron chi connectivity index (χ3n) is 2.68. The molecule has 0 saturated carbocycles. The SMILES string of the molecule is CC1CN(S(=O)(=O)c2cc(CO)sc2Br)CCS1. The summed E-state index contributed by atoms with van der Waals surface area (Å²) >= 11 is 6.33. The summed E-state index contributed by atoms with van der Waals surface area (Å²) in [4.78, 5) is 0.926. The fourth-order valence-corrected chi connectivity index (χ4v) is 7.04. The molecule has 102 valence electrons. The van der Waals surface area contributed by atoms with Crippen LogP contribution in [0.1, 0.15) is 11.8 Å². The largest absolute Gasteiger partial charge is 0.391 e. The van der Waals surface area contributed by atoms with E-state index in [1.807, 2.05) is 6.92 Å². The zero-order chi connectivity index (χ0) is 13.3. The molecule has 1 saturated heterocycles. The highest BCUT2D eigenvalue weighted by Gasteiger charge is 2.31. The quantitative estimate of drug-likeness (QED) is 0.883. The topological polar surface area (TPSA) is 57.6 Å². The third-order valence-corrected chi connectivity index (χ3v) is 7.92. The molecule has 18 heavy (non-hydrogen) atoms. The molecule has 0 radical (unpaired) electrons. The van der Waals surface area contributed by atoms with E-state index < -0.39 is 10.0 Å². The zero-order valence-corrected chi connectivity index (χ0v) is 13.8. The van der Waals surface area contributed by atoms with Crippen molar-refractivity contribution in [1.29, 1.82) is 0 Å². The van der Waals surface area contributed by atoms with E-state index in [1.54, 1.807) is 17.8 Å². The molecule has 1 aromatic heterocycles. The summed E-state index contributed by atoms with van der Waals surface area (Å²) in [5.41, 5.74) is 0. The number of aliphatic hydroxyl groups excluding tert-OH is 1. The average molecular weight is 372 g/mol. The summed E-state index contributed by atoms with van der Waals surface area (Å²) < 4.78 is 27.1. The molecular formula is C10H14BrNO3S3. The summed E-state index contributed by atoms with van der Waals surface area (Å²) in [6, 6.07) is 1.55. The highest BCUT2D eigenvalue weighted by atomic mass is 79.9. The smallest absolute Gasteiger partial charge is 0.245 e. The number of halogens is 1. The van der Waals surface area contributed by atoms with Gasteiger partial charge in [0.2, 0.25) is 10.0 Å². The molecule has 1 atom stereocenters. The van der Waals surface area contributed by atoms with Gasteiger partial charge in [0.15, 0.2) is 0 Å². The molecule has 0 aliphatic carbocycles. The first-order valence-electron chi connectivity index (χ1n) is 5.46. The van der Waals surface area contributed by atoms with Gasteiger partial charge >= 0.3 is 0 Å². The molecule has 0 aromatic carbocycles. The number of rotatable bonds is 3. The summed E-state index contributed by atoms with van der Waals surface area (Å²) in [6.07, 6.45) is 0. The Labute approximate surface area is 124 Å². The van der Waals surface area contributed by atoms with Crippen LogP contribution in [0.4, 0.5) is 0 Å². The van der Waals surface area contributed by atoms with Crippen LogP contribution in [-0.4, -0.2) is 41.9 Å². The molecular weight excluding hydrogens is 358 g/mol. The number of nitrogens with zero attached hydrogens (tertiary/aromatic N) is 1. The van der Waals surface area contributed by atoms with Crippen molar-refractivity contribution in [3.8, 4) is 0 Å². The van der Waals surface area contributed by atoms with Gasteiger partial charge in [0, 0.05) is 29.0 Å². The Bertz CT molecular complexity index is 528. The first kappa shape index (κ1) is 14.8. The van der Waals surface area contributed by atoms with Gasteiger partial charge in [-0.3, -0.25) is 0 Å². The van der Waals surface area contributed by atoms with E-state index in [2.05, 4.69) is 15.9 Å². The Morgan fingerprint density at radius 3 is 2.89 bits per heavy atom. The average Bonchev–Trinajstić information content (AvgIpc) is 2.71. The predicted molar refractivity (Wildman–Crippen MR) is 78.6 cm³/mol. The van der Waals surface area contributed by atoms with Gasteiger partial charge in [0.25, 0.3) is 0 Å².